The number of hydrogen-bond acceptors (Lipinski definition) is 3. The van der Waals surface area contributed by atoms with Crippen molar-refractivity contribution in [2.75, 3.05) is 13.2 Å². The van der Waals surface area contributed by atoms with E-state index in [1.807, 2.05) is 31.2 Å². The van der Waals surface area contributed by atoms with Gasteiger partial charge in [0, 0.05) is 12.5 Å². The molecular formula is C16H27NO2. The summed E-state index contributed by atoms with van der Waals surface area (Å²) in [5.74, 6) is 1.13. The summed E-state index contributed by atoms with van der Waals surface area (Å²) >= 11 is 0. The zero-order chi connectivity index (χ0) is 14.3. The molecule has 1 rings (SSSR count). The van der Waals surface area contributed by atoms with Crippen LogP contribution in [0.1, 0.15) is 45.1 Å². The van der Waals surface area contributed by atoms with Crippen LogP contribution in [-0.4, -0.2) is 24.4 Å². The van der Waals surface area contributed by atoms with Crippen molar-refractivity contribution in [3.8, 4) is 5.75 Å². The van der Waals surface area contributed by atoms with Crippen molar-refractivity contribution >= 4 is 0 Å². The van der Waals surface area contributed by atoms with E-state index >= 15 is 0 Å². The van der Waals surface area contributed by atoms with Gasteiger partial charge in [0.2, 0.25) is 0 Å². The van der Waals surface area contributed by atoms with Crippen molar-refractivity contribution in [1.29, 1.82) is 0 Å². The van der Waals surface area contributed by atoms with Crippen LogP contribution in [0.5, 0.6) is 5.75 Å². The molecule has 3 heteroatoms. The molecule has 0 amide bonds. The first-order chi connectivity index (χ1) is 9.13. The Hall–Kier alpha value is -1.06. The Morgan fingerprint density at radius 1 is 1.21 bits per heavy atom. The normalized spacial score (nSPS) is 15.8. The zero-order valence-electron chi connectivity index (χ0n) is 12.3. The van der Waals surface area contributed by atoms with Crippen molar-refractivity contribution in [3.63, 3.8) is 0 Å². The lowest BCUT2D eigenvalue weighted by atomic mass is 9.84. The maximum Gasteiger partial charge on any atom is 0.119 e. The zero-order valence-corrected chi connectivity index (χ0v) is 12.3. The van der Waals surface area contributed by atoms with Crippen molar-refractivity contribution in [2.24, 2.45) is 11.7 Å². The Balaban J connectivity index is 2.78. The molecule has 0 fully saturated rings. The quantitative estimate of drug-likeness (QED) is 0.760. The lowest BCUT2D eigenvalue weighted by Crippen LogP contribution is -2.31. The van der Waals surface area contributed by atoms with E-state index in [4.69, 9.17) is 10.5 Å². The van der Waals surface area contributed by atoms with E-state index in [2.05, 4.69) is 13.8 Å². The first kappa shape index (κ1) is 16.0. The van der Waals surface area contributed by atoms with Crippen LogP contribution in [0.15, 0.2) is 24.3 Å². The van der Waals surface area contributed by atoms with E-state index in [-0.39, 0.29) is 17.9 Å². The Morgan fingerprint density at radius 3 is 2.32 bits per heavy atom. The molecule has 0 spiro atoms. The maximum atomic E-state index is 10.4. The van der Waals surface area contributed by atoms with Gasteiger partial charge in [0.25, 0.3) is 0 Å². The summed E-state index contributed by atoms with van der Waals surface area (Å²) < 4.78 is 5.43. The average Bonchev–Trinajstić information content (AvgIpc) is 2.42. The molecule has 0 saturated carbocycles. The van der Waals surface area contributed by atoms with Gasteiger partial charge in [0.1, 0.15) is 5.75 Å². The van der Waals surface area contributed by atoms with Gasteiger partial charge in [-0.05, 0) is 37.0 Å². The molecule has 0 aliphatic carbocycles. The van der Waals surface area contributed by atoms with Crippen LogP contribution < -0.4 is 10.5 Å². The van der Waals surface area contributed by atoms with Crippen LogP contribution in [0, 0.1) is 5.92 Å². The highest BCUT2D eigenvalue weighted by molar-refractivity contribution is 5.30. The summed E-state index contributed by atoms with van der Waals surface area (Å²) in [6, 6.07) is 7.90. The summed E-state index contributed by atoms with van der Waals surface area (Å²) in [4.78, 5) is 0. The Kier molecular flexibility index (Phi) is 6.89. The standard InChI is InChI=1S/C16H27NO2/c1-4-6-12(3)16(18)15(11-17)13-7-9-14(10-8-13)19-5-2/h7-10,12,15-16,18H,4-6,11,17H2,1-3H3. The topological polar surface area (TPSA) is 55.5 Å². The molecule has 0 aliphatic heterocycles. The molecule has 3 unspecified atom stereocenters. The van der Waals surface area contributed by atoms with E-state index in [1.54, 1.807) is 0 Å². The Morgan fingerprint density at radius 2 is 1.84 bits per heavy atom. The largest absolute Gasteiger partial charge is 0.494 e. The number of nitrogens with two attached hydrogens (primary N) is 1. The first-order valence-corrected chi connectivity index (χ1v) is 7.24. The molecule has 1 aromatic rings. The third kappa shape index (κ3) is 4.51. The second kappa shape index (κ2) is 8.18. The van der Waals surface area contributed by atoms with E-state index in [1.165, 1.54) is 0 Å². The van der Waals surface area contributed by atoms with Crippen LogP contribution >= 0.6 is 0 Å². The van der Waals surface area contributed by atoms with Gasteiger partial charge in [0.05, 0.1) is 12.7 Å². The fourth-order valence-electron chi connectivity index (χ4n) is 2.47. The average molecular weight is 265 g/mol. The van der Waals surface area contributed by atoms with Crippen LogP contribution in [0.2, 0.25) is 0 Å². The smallest absolute Gasteiger partial charge is 0.119 e. The van der Waals surface area contributed by atoms with Crippen molar-refractivity contribution < 1.29 is 9.84 Å². The molecule has 19 heavy (non-hydrogen) atoms. The minimum Gasteiger partial charge on any atom is -0.494 e. The van der Waals surface area contributed by atoms with Gasteiger partial charge in [-0.2, -0.15) is 0 Å². The highest BCUT2D eigenvalue weighted by atomic mass is 16.5. The first-order valence-electron chi connectivity index (χ1n) is 7.24. The molecule has 0 aliphatic rings. The molecule has 108 valence electrons. The lowest BCUT2D eigenvalue weighted by molar-refractivity contribution is 0.0858. The van der Waals surface area contributed by atoms with Gasteiger partial charge in [-0.25, -0.2) is 0 Å². The molecule has 3 nitrogen and oxygen atoms in total. The van der Waals surface area contributed by atoms with E-state index in [0.717, 1.165) is 24.2 Å². The lowest BCUT2D eigenvalue weighted by Gasteiger charge is -2.27. The summed E-state index contributed by atoms with van der Waals surface area (Å²) in [7, 11) is 0. The molecule has 3 atom stereocenters. The SMILES string of the molecule is CCCC(C)C(O)C(CN)c1ccc(OCC)cc1. The molecule has 0 bridgehead atoms. The highest BCUT2D eigenvalue weighted by Gasteiger charge is 2.24. The fourth-order valence-corrected chi connectivity index (χ4v) is 2.47. The van der Waals surface area contributed by atoms with Gasteiger partial charge < -0.3 is 15.6 Å². The summed E-state index contributed by atoms with van der Waals surface area (Å²) in [6.45, 7) is 7.31. The Bertz CT molecular complexity index is 350. The monoisotopic (exact) mass is 265 g/mol. The second-order valence-corrected chi connectivity index (χ2v) is 5.10. The van der Waals surface area contributed by atoms with Crippen molar-refractivity contribution in [1.82, 2.24) is 0 Å². The molecule has 0 saturated heterocycles. The molecule has 3 N–H and O–H groups in total. The molecule has 0 aromatic heterocycles. The van der Waals surface area contributed by atoms with Crippen LogP contribution in [0.3, 0.4) is 0 Å². The number of aliphatic hydroxyl groups is 1. The summed E-state index contributed by atoms with van der Waals surface area (Å²) in [5, 5.41) is 10.4. The van der Waals surface area contributed by atoms with Gasteiger partial charge >= 0.3 is 0 Å². The number of aliphatic hydroxyl groups excluding tert-OH is 1. The minimum atomic E-state index is -0.386. The van der Waals surface area contributed by atoms with Crippen LogP contribution in [0.4, 0.5) is 0 Å². The van der Waals surface area contributed by atoms with Crippen LogP contribution in [0.25, 0.3) is 0 Å². The van der Waals surface area contributed by atoms with Gasteiger partial charge in [-0.15, -0.1) is 0 Å². The third-order valence-electron chi connectivity index (χ3n) is 3.61. The molecular weight excluding hydrogens is 238 g/mol. The predicted molar refractivity (Wildman–Crippen MR) is 79.5 cm³/mol. The third-order valence-corrected chi connectivity index (χ3v) is 3.61. The number of benzene rings is 1. The molecule has 1 aromatic carbocycles. The molecule has 0 heterocycles. The maximum absolute atomic E-state index is 10.4. The molecule has 0 radical (unpaired) electrons. The van der Waals surface area contributed by atoms with Crippen molar-refractivity contribution in [2.45, 2.75) is 45.6 Å². The fraction of sp³-hybridized carbons (Fsp3) is 0.625. The van der Waals surface area contributed by atoms with Gasteiger partial charge in [-0.3, -0.25) is 0 Å². The van der Waals surface area contributed by atoms with Gasteiger partial charge in [0.15, 0.2) is 0 Å². The van der Waals surface area contributed by atoms with E-state index in [9.17, 15) is 5.11 Å². The minimum absolute atomic E-state index is 0.00257. The summed E-state index contributed by atoms with van der Waals surface area (Å²) in [6.07, 6.45) is 1.72. The number of ether oxygens (including phenoxy) is 1. The van der Waals surface area contributed by atoms with E-state index < -0.39 is 0 Å². The van der Waals surface area contributed by atoms with E-state index in [0.29, 0.717) is 13.2 Å². The highest BCUT2D eigenvalue weighted by Crippen LogP contribution is 2.27. The van der Waals surface area contributed by atoms with Gasteiger partial charge in [-0.1, -0.05) is 32.4 Å². The van der Waals surface area contributed by atoms with Crippen LogP contribution in [-0.2, 0) is 0 Å². The second-order valence-electron chi connectivity index (χ2n) is 5.10. The van der Waals surface area contributed by atoms with Crippen molar-refractivity contribution in [3.05, 3.63) is 29.8 Å². The predicted octanol–water partition coefficient (Wildman–Crippen LogP) is 2.92. The Labute approximate surface area is 116 Å². The summed E-state index contributed by atoms with van der Waals surface area (Å²) in [5.41, 5.74) is 6.93. The number of rotatable bonds is 8. The number of hydrogen-bond donors (Lipinski definition) is 2.